The molecule has 0 unspecified atom stereocenters. The molecule has 0 atom stereocenters. The maximum absolute atomic E-state index is 13.0. The monoisotopic (exact) mass is 298 g/mol. The molecule has 2 amide bonds. The Morgan fingerprint density at radius 1 is 1.24 bits per heavy atom. The second-order valence-electron chi connectivity index (χ2n) is 5.26. The van der Waals surface area contributed by atoms with Crippen LogP contribution in [0.4, 0.5) is 13.6 Å². The second-order valence-corrected chi connectivity index (χ2v) is 5.26. The lowest BCUT2D eigenvalue weighted by molar-refractivity contribution is -0.139. The normalized spacial score (nSPS) is 15.9. The number of nitrogens with one attached hydrogen (secondary N) is 2. The van der Waals surface area contributed by atoms with Crippen LogP contribution < -0.4 is 10.6 Å². The summed E-state index contributed by atoms with van der Waals surface area (Å²) in [6.45, 7) is 0.0339. The van der Waals surface area contributed by atoms with Crippen molar-refractivity contribution in [1.29, 1.82) is 0 Å². The molecule has 1 fully saturated rings. The highest BCUT2D eigenvalue weighted by molar-refractivity contribution is 5.77. The maximum Gasteiger partial charge on any atom is 0.315 e. The quantitative estimate of drug-likeness (QED) is 0.779. The van der Waals surface area contributed by atoms with Gasteiger partial charge in [0.15, 0.2) is 11.6 Å². The van der Waals surface area contributed by atoms with Crippen LogP contribution in [0.5, 0.6) is 0 Å². The molecular formula is C14H16F2N2O3. The second kappa shape index (κ2) is 6.07. The van der Waals surface area contributed by atoms with Crippen LogP contribution in [0.1, 0.15) is 31.2 Å². The van der Waals surface area contributed by atoms with E-state index >= 15 is 0 Å². The fourth-order valence-corrected chi connectivity index (χ4v) is 2.36. The Hall–Kier alpha value is -2.18. The minimum atomic E-state index is -0.976. The van der Waals surface area contributed by atoms with Gasteiger partial charge in [-0.1, -0.05) is 6.07 Å². The fraction of sp³-hybridized carbons (Fsp3) is 0.429. The van der Waals surface area contributed by atoms with Crippen LogP contribution in [0.3, 0.4) is 0 Å². The minimum Gasteiger partial charge on any atom is -0.481 e. The molecule has 0 spiro atoms. The predicted octanol–water partition coefficient (Wildman–Crippen LogP) is 2.16. The molecule has 2 rings (SSSR count). The van der Waals surface area contributed by atoms with Gasteiger partial charge in [0.05, 0.1) is 12.0 Å². The highest BCUT2D eigenvalue weighted by Crippen LogP contribution is 2.34. The molecule has 0 heterocycles. The number of carbonyl (C=O) groups is 2. The standard InChI is InChI=1S/C14H16F2N2O3/c15-10-3-2-9(6-11(10)16)8-17-13(21)18-14(4-1-5-14)7-12(19)20/h2-3,6H,1,4-5,7-8H2,(H,19,20)(H2,17,18,21). The number of carboxylic acids is 1. The average Bonchev–Trinajstić information content (AvgIpc) is 2.37. The number of benzene rings is 1. The summed E-state index contributed by atoms with van der Waals surface area (Å²) in [5.74, 6) is -2.88. The van der Waals surface area contributed by atoms with Gasteiger partial charge in [0.1, 0.15) is 0 Å². The van der Waals surface area contributed by atoms with Crippen molar-refractivity contribution in [2.75, 3.05) is 0 Å². The summed E-state index contributed by atoms with van der Waals surface area (Å²) in [5, 5.41) is 14.0. The van der Waals surface area contributed by atoms with Crippen molar-refractivity contribution in [3.8, 4) is 0 Å². The maximum atomic E-state index is 13.0. The minimum absolute atomic E-state index is 0.0339. The summed E-state index contributed by atoms with van der Waals surface area (Å²) in [6.07, 6.45) is 2.00. The first-order chi connectivity index (χ1) is 9.90. The molecule has 0 aliphatic heterocycles. The van der Waals surface area contributed by atoms with Gasteiger partial charge in [-0.2, -0.15) is 0 Å². The molecule has 21 heavy (non-hydrogen) atoms. The van der Waals surface area contributed by atoms with E-state index in [1.54, 1.807) is 0 Å². The lowest BCUT2D eigenvalue weighted by Crippen LogP contribution is -2.57. The van der Waals surface area contributed by atoms with E-state index in [1.807, 2.05) is 0 Å². The van der Waals surface area contributed by atoms with Crippen LogP contribution in [0.2, 0.25) is 0 Å². The van der Waals surface area contributed by atoms with Crippen molar-refractivity contribution in [3.63, 3.8) is 0 Å². The predicted molar refractivity (Wildman–Crippen MR) is 70.6 cm³/mol. The van der Waals surface area contributed by atoms with Gasteiger partial charge in [0.25, 0.3) is 0 Å². The Kier molecular flexibility index (Phi) is 4.40. The number of carboxylic acid groups (broad SMARTS) is 1. The highest BCUT2D eigenvalue weighted by atomic mass is 19.2. The summed E-state index contributed by atoms with van der Waals surface area (Å²) in [7, 11) is 0. The van der Waals surface area contributed by atoms with E-state index in [0.717, 1.165) is 18.6 Å². The summed E-state index contributed by atoms with van der Waals surface area (Å²) in [5.41, 5.74) is -0.269. The Balaban J connectivity index is 1.86. The number of urea groups is 1. The van der Waals surface area contributed by atoms with E-state index in [0.29, 0.717) is 18.4 Å². The smallest absolute Gasteiger partial charge is 0.315 e. The molecule has 0 bridgehead atoms. The van der Waals surface area contributed by atoms with Crippen molar-refractivity contribution in [1.82, 2.24) is 10.6 Å². The topological polar surface area (TPSA) is 78.4 Å². The van der Waals surface area contributed by atoms with Gasteiger partial charge < -0.3 is 15.7 Å². The highest BCUT2D eigenvalue weighted by Gasteiger charge is 2.40. The third kappa shape index (κ3) is 3.90. The van der Waals surface area contributed by atoms with Crippen molar-refractivity contribution < 1.29 is 23.5 Å². The van der Waals surface area contributed by atoms with Crippen molar-refractivity contribution in [2.24, 2.45) is 0 Å². The van der Waals surface area contributed by atoms with Gasteiger partial charge in [-0.3, -0.25) is 4.79 Å². The Bertz CT molecular complexity index is 559. The molecule has 3 N–H and O–H groups in total. The van der Waals surface area contributed by atoms with Crippen LogP contribution in [0, 0.1) is 11.6 Å². The number of aliphatic carboxylic acids is 1. The van der Waals surface area contributed by atoms with Crippen LogP contribution in [-0.2, 0) is 11.3 Å². The first kappa shape index (κ1) is 15.2. The Morgan fingerprint density at radius 3 is 2.48 bits per heavy atom. The molecule has 0 aromatic heterocycles. The lowest BCUT2D eigenvalue weighted by atomic mass is 9.74. The fourth-order valence-electron chi connectivity index (χ4n) is 2.36. The van der Waals surface area contributed by atoms with E-state index < -0.39 is 29.2 Å². The zero-order valence-corrected chi connectivity index (χ0v) is 11.3. The van der Waals surface area contributed by atoms with Crippen molar-refractivity contribution in [2.45, 2.75) is 37.8 Å². The van der Waals surface area contributed by atoms with Crippen LogP contribution in [0.25, 0.3) is 0 Å². The van der Waals surface area contributed by atoms with Gasteiger partial charge in [0, 0.05) is 6.54 Å². The van der Waals surface area contributed by atoms with Crippen molar-refractivity contribution >= 4 is 12.0 Å². The molecule has 7 heteroatoms. The molecule has 114 valence electrons. The summed E-state index contributed by atoms with van der Waals surface area (Å²) < 4.78 is 25.8. The zero-order valence-electron chi connectivity index (χ0n) is 11.3. The van der Waals surface area contributed by atoms with E-state index in [4.69, 9.17) is 5.11 Å². The third-order valence-electron chi connectivity index (χ3n) is 3.62. The number of halogens is 2. The first-order valence-electron chi connectivity index (χ1n) is 6.62. The summed E-state index contributed by atoms with van der Waals surface area (Å²) in [6, 6.07) is 2.85. The first-order valence-corrected chi connectivity index (χ1v) is 6.62. The van der Waals surface area contributed by atoms with Crippen LogP contribution >= 0.6 is 0 Å². The molecule has 0 saturated heterocycles. The molecule has 1 aromatic rings. The van der Waals surface area contributed by atoms with E-state index in [-0.39, 0.29) is 13.0 Å². The zero-order chi connectivity index (χ0) is 15.5. The van der Waals surface area contributed by atoms with E-state index in [2.05, 4.69) is 10.6 Å². The van der Waals surface area contributed by atoms with E-state index in [9.17, 15) is 18.4 Å². The third-order valence-corrected chi connectivity index (χ3v) is 3.62. The molecule has 5 nitrogen and oxygen atoms in total. The number of hydrogen-bond donors (Lipinski definition) is 3. The molecule has 1 saturated carbocycles. The van der Waals surface area contributed by atoms with Gasteiger partial charge in [-0.15, -0.1) is 0 Å². The number of hydrogen-bond acceptors (Lipinski definition) is 2. The lowest BCUT2D eigenvalue weighted by Gasteiger charge is -2.41. The van der Waals surface area contributed by atoms with Crippen LogP contribution in [0.15, 0.2) is 18.2 Å². The number of carbonyl (C=O) groups excluding carboxylic acids is 1. The van der Waals surface area contributed by atoms with Gasteiger partial charge >= 0.3 is 12.0 Å². The molecule has 1 aliphatic rings. The van der Waals surface area contributed by atoms with Gasteiger partial charge in [-0.05, 0) is 37.0 Å². The summed E-state index contributed by atoms with van der Waals surface area (Å²) in [4.78, 5) is 22.6. The molecular weight excluding hydrogens is 282 g/mol. The molecule has 0 radical (unpaired) electrons. The van der Waals surface area contributed by atoms with Gasteiger partial charge in [0.2, 0.25) is 0 Å². The Labute approximate surface area is 120 Å². The van der Waals surface area contributed by atoms with Crippen molar-refractivity contribution in [3.05, 3.63) is 35.4 Å². The molecule has 1 aliphatic carbocycles. The number of rotatable bonds is 5. The SMILES string of the molecule is O=C(O)CC1(NC(=O)NCc2ccc(F)c(F)c2)CCC1. The van der Waals surface area contributed by atoms with E-state index in [1.165, 1.54) is 6.07 Å². The largest absolute Gasteiger partial charge is 0.481 e. The average molecular weight is 298 g/mol. The van der Waals surface area contributed by atoms with Crippen LogP contribution in [-0.4, -0.2) is 22.6 Å². The number of amides is 2. The molecule has 1 aromatic carbocycles. The summed E-state index contributed by atoms with van der Waals surface area (Å²) >= 11 is 0. The van der Waals surface area contributed by atoms with Gasteiger partial charge in [-0.25, -0.2) is 13.6 Å². The Morgan fingerprint density at radius 2 is 1.95 bits per heavy atom.